The van der Waals surface area contributed by atoms with Gasteiger partial charge in [0.25, 0.3) is 0 Å². The molecular weight excluding hydrogens is 270 g/mol. The van der Waals surface area contributed by atoms with Crippen LogP contribution in [0.25, 0.3) is 16.3 Å². The number of pyridine rings is 1. The van der Waals surface area contributed by atoms with E-state index < -0.39 is 0 Å². The molecular formula is C13H9N7O. The minimum absolute atomic E-state index is 0.195. The summed E-state index contributed by atoms with van der Waals surface area (Å²) in [6.07, 6.45) is 3.11. The van der Waals surface area contributed by atoms with Crippen LogP contribution in [0, 0.1) is 11.3 Å². The van der Waals surface area contributed by atoms with Crippen LogP contribution in [0.4, 0.5) is 5.69 Å². The van der Waals surface area contributed by atoms with Gasteiger partial charge < -0.3 is 10.3 Å². The van der Waals surface area contributed by atoms with Gasteiger partial charge in [-0.3, -0.25) is 4.79 Å². The maximum Gasteiger partial charge on any atom is 0.248 e. The first-order valence-electron chi connectivity index (χ1n) is 6.00. The smallest absolute Gasteiger partial charge is 0.248 e. The SMILES string of the molecule is N#CC(=CNc1cccc2c[nH]c(=O)cc12)c1nn[nH]n1. The first-order chi connectivity index (χ1) is 10.3. The minimum atomic E-state index is -0.195. The summed E-state index contributed by atoms with van der Waals surface area (Å²) in [4.78, 5) is 14.0. The average Bonchev–Trinajstić information content (AvgIpc) is 3.02. The fraction of sp³-hybridized carbons (Fsp3) is 0. The number of fused-ring (bicyclic) bond motifs is 1. The molecule has 3 aromatic rings. The predicted octanol–water partition coefficient (Wildman–Crippen LogP) is 1.02. The number of benzene rings is 1. The third kappa shape index (κ3) is 2.48. The second kappa shape index (κ2) is 5.26. The maximum atomic E-state index is 11.4. The Morgan fingerprint density at radius 3 is 3.10 bits per heavy atom. The van der Waals surface area contributed by atoms with Crippen LogP contribution in [-0.4, -0.2) is 25.6 Å². The highest BCUT2D eigenvalue weighted by molar-refractivity contribution is 5.94. The predicted molar refractivity (Wildman–Crippen MR) is 76.0 cm³/mol. The molecule has 0 aliphatic rings. The van der Waals surface area contributed by atoms with Crippen molar-refractivity contribution in [2.75, 3.05) is 5.32 Å². The maximum absolute atomic E-state index is 11.4. The molecule has 3 N–H and O–H groups in total. The summed E-state index contributed by atoms with van der Waals surface area (Å²) in [7, 11) is 0. The van der Waals surface area contributed by atoms with Crippen LogP contribution in [-0.2, 0) is 0 Å². The standard InChI is InChI=1S/C13H9N7O/c14-5-9(13-17-19-20-18-13)7-15-11-3-1-2-8-6-16-12(21)4-10(8)11/h1-4,6-7,15H,(H,16,21)(H,17,18,19,20). The lowest BCUT2D eigenvalue weighted by atomic mass is 10.1. The van der Waals surface area contributed by atoms with Crippen molar-refractivity contribution in [2.45, 2.75) is 0 Å². The largest absolute Gasteiger partial charge is 0.360 e. The van der Waals surface area contributed by atoms with Crippen molar-refractivity contribution >= 4 is 22.0 Å². The first-order valence-corrected chi connectivity index (χ1v) is 6.00. The fourth-order valence-electron chi connectivity index (χ4n) is 1.89. The molecule has 0 radical (unpaired) electrons. The van der Waals surface area contributed by atoms with E-state index in [1.165, 1.54) is 12.3 Å². The van der Waals surface area contributed by atoms with Crippen LogP contribution in [0.15, 0.2) is 41.5 Å². The van der Waals surface area contributed by atoms with Gasteiger partial charge in [-0.05, 0) is 11.3 Å². The molecule has 8 heteroatoms. The van der Waals surface area contributed by atoms with E-state index in [-0.39, 0.29) is 17.0 Å². The molecule has 0 amide bonds. The van der Waals surface area contributed by atoms with E-state index in [1.54, 1.807) is 6.20 Å². The van der Waals surface area contributed by atoms with Gasteiger partial charge in [-0.25, -0.2) is 0 Å². The summed E-state index contributed by atoms with van der Waals surface area (Å²) in [5.41, 5.74) is 0.736. The van der Waals surface area contributed by atoms with Crippen LogP contribution < -0.4 is 10.9 Å². The van der Waals surface area contributed by atoms with E-state index >= 15 is 0 Å². The Bertz CT molecular complexity index is 902. The molecule has 0 aliphatic heterocycles. The highest BCUT2D eigenvalue weighted by Crippen LogP contribution is 2.21. The number of hydrogen-bond acceptors (Lipinski definition) is 6. The number of anilines is 1. The monoisotopic (exact) mass is 279 g/mol. The van der Waals surface area contributed by atoms with Gasteiger partial charge in [-0.2, -0.15) is 10.5 Å². The first kappa shape index (κ1) is 12.6. The van der Waals surface area contributed by atoms with Gasteiger partial charge in [0.15, 0.2) is 0 Å². The molecule has 3 rings (SSSR count). The molecule has 0 fully saturated rings. The van der Waals surface area contributed by atoms with Crippen LogP contribution in [0.1, 0.15) is 5.82 Å². The summed E-state index contributed by atoms with van der Waals surface area (Å²) in [5.74, 6) is 0.197. The third-order valence-corrected chi connectivity index (χ3v) is 2.86. The van der Waals surface area contributed by atoms with E-state index in [0.717, 1.165) is 10.8 Å². The van der Waals surface area contributed by atoms with E-state index in [1.807, 2.05) is 24.3 Å². The van der Waals surface area contributed by atoms with Gasteiger partial charge in [0.05, 0.1) is 0 Å². The van der Waals surface area contributed by atoms with Gasteiger partial charge in [0.2, 0.25) is 11.4 Å². The summed E-state index contributed by atoms with van der Waals surface area (Å²) in [5, 5.41) is 26.9. The summed E-state index contributed by atoms with van der Waals surface area (Å²) < 4.78 is 0. The number of nitriles is 1. The molecule has 0 atom stereocenters. The fourth-order valence-corrected chi connectivity index (χ4v) is 1.89. The lowest BCUT2D eigenvalue weighted by Crippen LogP contribution is -2.03. The summed E-state index contributed by atoms with van der Waals surface area (Å²) in [6, 6.07) is 9.00. The lowest BCUT2D eigenvalue weighted by Gasteiger charge is -2.05. The number of rotatable bonds is 3. The Balaban J connectivity index is 2.01. The topological polar surface area (TPSA) is 123 Å². The quantitative estimate of drug-likeness (QED) is 0.615. The lowest BCUT2D eigenvalue weighted by molar-refractivity contribution is 0.881. The third-order valence-electron chi connectivity index (χ3n) is 2.86. The molecule has 2 heterocycles. The number of aromatic amines is 2. The minimum Gasteiger partial charge on any atom is -0.360 e. The van der Waals surface area contributed by atoms with E-state index in [9.17, 15) is 4.79 Å². The Labute approximate surface area is 118 Å². The Kier molecular flexibility index (Phi) is 3.15. The molecule has 0 spiro atoms. The van der Waals surface area contributed by atoms with Crippen molar-refractivity contribution < 1.29 is 0 Å². The van der Waals surface area contributed by atoms with Crippen molar-refractivity contribution in [1.82, 2.24) is 25.6 Å². The van der Waals surface area contributed by atoms with Crippen molar-refractivity contribution in [3.8, 4) is 6.07 Å². The van der Waals surface area contributed by atoms with Gasteiger partial charge >= 0.3 is 0 Å². The Hall–Kier alpha value is -3.47. The van der Waals surface area contributed by atoms with Gasteiger partial charge in [0, 0.05) is 34.9 Å². The van der Waals surface area contributed by atoms with Crippen molar-refractivity contribution in [3.05, 3.63) is 52.8 Å². The summed E-state index contributed by atoms with van der Waals surface area (Å²) in [6.45, 7) is 0. The molecule has 8 nitrogen and oxygen atoms in total. The van der Waals surface area contributed by atoms with Crippen molar-refractivity contribution in [2.24, 2.45) is 0 Å². The van der Waals surface area contributed by atoms with Gasteiger partial charge in [-0.15, -0.1) is 10.2 Å². The van der Waals surface area contributed by atoms with Crippen molar-refractivity contribution in [1.29, 1.82) is 5.26 Å². The normalized spacial score (nSPS) is 11.3. The Morgan fingerprint density at radius 2 is 2.33 bits per heavy atom. The number of nitrogens with one attached hydrogen (secondary N) is 3. The van der Waals surface area contributed by atoms with Gasteiger partial charge in [0.1, 0.15) is 11.6 Å². The van der Waals surface area contributed by atoms with Gasteiger partial charge in [-0.1, -0.05) is 12.1 Å². The van der Waals surface area contributed by atoms with Crippen LogP contribution in [0.5, 0.6) is 0 Å². The molecule has 0 unspecified atom stereocenters. The zero-order valence-electron chi connectivity index (χ0n) is 10.7. The molecule has 102 valence electrons. The van der Waals surface area contributed by atoms with Crippen molar-refractivity contribution in [3.63, 3.8) is 0 Å². The molecule has 0 aliphatic carbocycles. The Morgan fingerprint density at radius 1 is 1.43 bits per heavy atom. The highest BCUT2D eigenvalue weighted by atomic mass is 16.1. The van der Waals surface area contributed by atoms with E-state index in [2.05, 4.69) is 30.9 Å². The zero-order valence-corrected chi connectivity index (χ0v) is 10.7. The molecule has 2 aromatic heterocycles. The number of allylic oxidation sites excluding steroid dienone is 1. The average molecular weight is 279 g/mol. The molecule has 0 saturated carbocycles. The van der Waals surface area contributed by atoms with E-state index in [0.29, 0.717) is 5.69 Å². The number of H-pyrrole nitrogens is 2. The van der Waals surface area contributed by atoms with Crippen LogP contribution in [0.2, 0.25) is 0 Å². The summed E-state index contributed by atoms with van der Waals surface area (Å²) >= 11 is 0. The van der Waals surface area contributed by atoms with Crippen LogP contribution in [0.3, 0.4) is 0 Å². The number of nitrogens with zero attached hydrogens (tertiary/aromatic N) is 4. The highest BCUT2D eigenvalue weighted by Gasteiger charge is 2.06. The number of aromatic nitrogens is 5. The molecule has 21 heavy (non-hydrogen) atoms. The number of hydrogen-bond donors (Lipinski definition) is 3. The second-order valence-corrected chi connectivity index (χ2v) is 4.16. The molecule has 0 bridgehead atoms. The van der Waals surface area contributed by atoms with E-state index in [4.69, 9.17) is 5.26 Å². The molecule has 1 aromatic carbocycles. The molecule has 0 saturated heterocycles. The second-order valence-electron chi connectivity index (χ2n) is 4.16. The van der Waals surface area contributed by atoms with Crippen LogP contribution >= 0.6 is 0 Å². The zero-order chi connectivity index (χ0) is 14.7. The number of tetrazole rings is 1.